The van der Waals surface area contributed by atoms with Crippen LogP contribution in [0.2, 0.25) is 0 Å². The summed E-state index contributed by atoms with van der Waals surface area (Å²) in [6.45, 7) is 2.22. The summed E-state index contributed by atoms with van der Waals surface area (Å²) < 4.78 is 0.891. The molecule has 4 nitrogen and oxygen atoms in total. The predicted octanol–water partition coefficient (Wildman–Crippen LogP) is 2.42. The molecule has 2 saturated heterocycles. The molecule has 0 aromatic heterocycles. The lowest BCUT2D eigenvalue weighted by Gasteiger charge is -2.21. The topological polar surface area (TPSA) is 40.6 Å². The maximum absolute atomic E-state index is 12.5. The molecule has 2 amide bonds. The first-order chi connectivity index (χ1) is 9.68. The maximum atomic E-state index is 12.5. The molecule has 1 aromatic rings. The van der Waals surface area contributed by atoms with Gasteiger partial charge in [-0.25, -0.2) is 0 Å². The van der Waals surface area contributed by atoms with Gasteiger partial charge in [0.2, 0.25) is 11.8 Å². The number of hydrogen-bond acceptors (Lipinski definition) is 2. The predicted molar refractivity (Wildman–Crippen MR) is 80.4 cm³/mol. The highest BCUT2D eigenvalue weighted by molar-refractivity contribution is 9.10. The van der Waals surface area contributed by atoms with Crippen LogP contribution in [0.25, 0.3) is 0 Å². The molecule has 20 heavy (non-hydrogen) atoms. The molecule has 3 rings (SSSR count). The zero-order chi connectivity index (χ0) is 14.1. The largest absolute Gasteiger partial charge is 0.342 e. The van der Waals surface area contributed by atoms with E-state index in [1.165, 1.54) is 0 Å². The van der Waals surface area contributed by atoms with Gasteiger partial charge in [0.05, 0.1) is 5.69 Å². The van der Waals surface area contributed by atoms with E-state index in [0.717, 1.165) is 36.1 Å². The molecule has 0 saturated carbocycles. The maximum Gasteiger partial charge on any atom is 0.239 e. The Morgan fingerprint density at radius 2 is 1.85 bits per heavy atom. The van der Waals surface area contributed by atoms with E-state index in [0.29, 0.717) is 13.0 Å². The lowest BCUT2D eigenvalue weighted by atomic mass is 10.1. The second-order valence-electron chi connectivity index (χ2n) is 5.31. The van der Waals surface area contributed by atoms with Gasteiger partial charge in [0.1, 0.15) is 5.92 Å². The van der Waals surface area contributed by atoms with Crippen LogP contribution in [0, 0.1) is 5.92 Å². The summed E-state index contributed by atoms with van der Waals surface area (Å²) in [4.78, 5) is 28.5. The highest BCUT2D eigenvalue weighted by atomic mass is 79.9. The van der Waals surface area contributed by atoms with E-state index in [9.17, 15) is 9.59 Å². The minimum atomic E-state index is -0.486. The Labute approximate surface area is 126 Å². The van der Waals surface area contributed by atoms with E-state index in [2.05, 4.69) is 15.9 Å². The van der Waals surface area contributed by atoms with Crippen LogP contribution in [-0.2, 0) is 9.59 Å². The number of benzene rings is 1. The number of para-hydroxylation sites is 1. The van der Waals surface area contributed by atoms with E-state index < -0.39 is 5.92 Å². The first kappa shape index (κ1) is 13.6. The van der Waals surface area contributed by atoms with Crippen molar-refractivity contribution in [3.05, 3.63) is 28.7 Å². The van der Waals surface area contributed by atoms with Crippen LogP contribution in [0.15, 0.2) is 28.7 Å². The van der Waals surface area contributed by atoms with Crippen molar-refractivity contribution in [1.29, 1.82) is 0 Å². The number of halogens is 1. The second-order valence-corrected chi connectivity index (χ2v) is 6.17. The smallest absolute Gasteiger partial charge is 0.239 e. The van der Waals surface area contributed by atoms with Crippen molar-refractivity contribution < 1.29 is 9.59 Å². The zero-order valence-electron chi connectivity index (χ0n) is 11.2. The molecule has 2 aliphatic rings. The van der Waals surface area contributed by atoms with Gasteiger partial charge in [-0.3, -0.25) is 9.59 Å². The first-order valence-corrected chi connectivity index (χ1v) is 7.82. The van der Waals surface area contributed by atoms with Gasteiger partial charge in [-0.05, 0) is 47.3 Å². The number of amides is 2. The van der Waals surface area contributed by atoms with Gasteiger partial charge < -0.3 is 9.80 Å². The fourth-order valence-corrected chi connectivity index (χ4v) is 3.48. The molecule has 5 heteroatoms. The van der Waals surface area contributed by atoms with Gasteiger partial charge in [0.25, 0.3) is 0 Å². The van der Waals surface area contributed by atoms with Crippen LogP contribution in [0.3, 0.4) is 0 Å². The Balaban J connectivity index is 1.77. The van der Waals surface area contributed by atoms with E-state index in [1.54, 1.807) is 4.90 Å². The van der Waals surface area contributed by atoms with Crippen molar-refractivity contribution in [2.45, 2.75) is 19.3 Å². The summed E-state index contributed by atoms with van der Waals surface area (Å²) >= 11 is 3.47. The number of carbonyl (C=O) groups excluding carboxylic acids is 2. The molecule has 0 radical (unpaired) electrons. The van der Waals surface area contributed by atoms with Crippen molar-refractivity contribution in [2.75, 3.05) is 24.5 Å². The number of nitrogens with zero attached hydrogens (tertiary/aromatic N) is 2. The standard InChI is InChI=1S/C15H17BrN2O2/c16-12-5-1-2-6-13(12)18-10-7-11(15(18)20)14(19)17-8-3-4-9-17/h1-2,5-6,11H,3-4,7-10H2/t11-/m0/s1. The molecule has 0 spiro atoms. The summed E-state index contributed by atoms with van der Waals surface area (Å²) in [6.07, 6.45) is 2.73. The van der Waals surface area contributed by atoms with Gasteiger partial charge >= 0.3 is 0 Å². The Morgan fingerprint density at radius 3 is 2.55 bits per heavy atom. The molecule has 106 valence electrons. The average Bonchev–Trinajstić information content (AvgIpc) is 3.09. The fourth-order valence-electron chi connectivity index (χ4n) is 2.98. The normalized spacial score (nSPS) is 22.6. The summed E-state index contributed by atoms with van der Waals surface area (Å²) in [5.41, 5.74) is 0.856. The second kappa shape index (κ2) is 5.56. The Morgan fingerprint density at radius 1 is 1.15 bits per heavy atom. The number of likely N-dealkylation sites (tertiary alicyclic amines) is 1. The zero-order valence-corrected chi connectivity index (χ0v) is 12.8. The van der Waals surface area contributed by atoms with E-state index in [4.69, 9.17) is 0 Å². The van der Waals surface area contributed by atoms with Gasteiger partial charge in [-0.15, -0.1) is 0 Å². The van der Waals surface area contributed by atoms with Crippen LogP contribution in [0.5, 0.6) is 0 Å². The van der Waals surface area contributed by atoms with E-state index >= 15 is 0 Å². The van der Waals surface area contributed by atoms with Gasteiger partial charge in [-0.2, -0.15) is 0 Å². The van der Waals surface area contributed by atoms with Crippen molar-refractivity contribution in [3.8, 4) is 0 Å². The lowest BCUT2D eigenvalue weighted by molar-refractivity contribution is -0.139. The van der Waals surface area contributed by atoms with Gasteiger partial charge in [0, 0.05) is 24.1 Å². The molecule has 1 atom stereocenters. The van der Waals surface area contributed by atoms with Gasteiger partial charge in [-0.1, -0.05) is 12.1 Å². The van der Waals surface area contributed by atoms with Crippen molar-refractivity contribution in [2.24, 2.45) is 5.92 Å². The highest BCUT2D eigenvalue weighted by Crippen LogP contribution is 2.32. The summed E-state index contributed by atoms with van der Waals surface area (Å²) in [7, 11) is 0. The molecule has 0 N–H and O–H groups in total. The molecule has 0 bridgehead atoms. The third kappa shape index (κ3) is 2.35. The minimum Gasteiger partial charge on any atom is -0.342 e. The number of carbonyl (C=O) groups is 2. The molecule has 0 unspecified atom stereocenters. The molecular formula is C15H17BrN2O2. The molecule has 1 aromatic carbocycles. The van der Waals surface area contributed by atoms with E-state index in [-0.39, 0.29) is 11.8 Å². The minimum absolute atomic E-state index is 0.0158. The van der Waals surface area contributed by atoms with Crippen LogP contribution in [0.1, 0.15) is 19.3 Å². The monoisotopic (exact) mass is 336 g/mol. The number of hydrogen-bond donors (Lipinski definition) is 0. The first-order valence-electron chi connectivity index (χ1n) is 7.03. The van der Waals surface area contributed by atoms with E-state index in [1.807, 2.05) is 29.2 Å². The lowest BCUT2D eigenvalue weighted by Crippen LogP contribution is -2.38. The van der Waals surface area contributed by atoms with Crippen molar-refractivity contribution >= 4 is 33.4 Å². The van der Waals surface area contributed by atoms with Crippen LogP contribution < -0.4 is 4.90 Å². The molecule has 2 heterocycles. The molecular weight excluding hydrogens is 320 g/mol. The molecule has 2 aliphatic heterocycles. The van der Waals surface area contributed by atoms with Crippen molar-refractivity contribution in [3.63, 3.8) is 0 Å². The van der Waals surface area contributed by atoms with Crippen LogP contribution in [0.4, 0.5) is 5.69 Å². The number of rotatable bonds is 2. The average molecular weight is 337 g/mol. The molecule has 2 fully saturated rings. The van der Waals surface area contributed by atoms with Gasteiger partial charge in [0.15, 0.2) is 0 Å². The summed E-state index contributed by atoms with van der Waals surface area (Å²) in [5, 5.41) is 0. The third-order valence-electron chi connectivity index (χ3n) is 4.06. The Hall–Kier alpha value is -1.36. The Bertz CT molecular complexity index is 540. The Kier molecular flexibility index (Phi) is 3.78. The summed E-state index contributed by atoms with van der Waals surface area (Å²) in [6, 6.07) is 7.65. The van der Waals surface area contributed by atoms with Crippen molar-refractivity contribution in [1.82, 2.24) is 4.90 Å². The SMILES string of the molecule is O=C([C@@H]1CCN(c2ccccc2Br)C1=O)N1CCCC1. The quantitative estimate of drug-likeness (QED) is 0.778. The molecule has 0 aliphatic carbocycles. The third-order valence-corrected chi connectivity index (χ3v) is 4.74. The highest BCUT2D eigenvalue weighted by Gasteiger charge is 2.40. The summed E-state index contributed by atoms with van der Waals surface area (Å²) in [5.74, 6) is -0.531. The number of anilines is 1. The fraction of sp³-hybridized carbons (Fsp3) is 0.467. The van der Waals surface area contributed by atoms with Crippen LogP contribution in [-0.4, -0.2) is 36.3 Å². The van der Waals surface area contributed by atoms with Crippen LogP contribution >= 0.6 is 15.9 Å².